The Labute approximate surface area is 161 Å². The van der Waals surface area contributed by atoms with E-state index in [9.17, 15) is 14.0 Å². The molecule has 2 heterocycles. The zero-order chi connectivity index (χ0) is 19.1. The lowest BCUT2D eigenvalue weighted by atomic mass is 10.1. The number of likely N-dealkylation sites (tertiary alicyclic amines) is 1. The van der Waals surface area contributed by atoms with E-state index < -0.39 is 0 Å². The summed E-state index contributed by atoms with van der Waals surface area (Å²) >= 11 is 0. The molecule has 6 heteroatoms. The van der Waals surface area contributed by atoms with E-state index in [1.165, 1.54) is 25.0 Å². The van der Waals surface area contributed by atoms with Gasteiger partial charge in [0, 0.05) is 45.7 Å². The second kappa shape index (κ2) is 9.83. The Morgan fingerprint density at radius 1 is 0.778 bits per heavy atom. The summed E-state index contributed by atoms with van der Waals surface area (Å²) in [6, 6.07) is 6.32. The highest BCUT2D eigenvalue weighted by atomic mass is 19.1. The summed E-state index contributed by atoms with van der Waals surface area (Å²) < 4.78 is 12.9. The van der Waals surface area contributed by atoms with Crippen molar-refractivity contribution < 1.29 is 14.0 Å². The van der Waals surface area contributed by atoms with Crippen LogP contribution in [-0.4, -0.2) is 72.3 Å². The van der Waals surface area contributed by atoms with Gasteiger partial charge in [-0.2, -0.15) is 0 Å². The topological polar surface area (TPSA) is 43.9 Å². The quantitative estimate of drug-likeness (QED) is 0.793. The molecule has 2 fully saturated rings. The average Bonchev–Trinajstić information content (AvgIpc) is 2.97. The maximum Gasteiger partial charge on any atom is 0.236 e. The van der Waals surface area contributed by atoms with Gasteiger partial charge in [0.05, 0.1) is 6.54 Å². The van der Waals surface area contributed by atoms with Crippen molar-refractivity contribution in [3.05, 3.63) is 35.6 Å². The standard InChI is InChI=1S/C21H30FN3O2/c22-19-8-5-18(6-9-19)7-10-20(26)25-15-13-23(14-16-25)17-21(27)24-11-3-1-2-4-12-24/h5-6,8-9H,1-4,7,10-17H2. The van der Waals surface area contributed by atoms with E-state index in [0.29, 0.717) is 32.5 Å². The molecule has 0 aromatic heterocycles. The molecule has 0 radical (unpaired) electrons. The van der Waals surface area contributed by atoms with Crippen LogP contribution in [0.5, 0.6) is 0 Å². The van der Waals surface area contributed by atoms with Crippen LogP contribution in [0.3, 0.4) is 0 Å². The van der Waals surface area contributed by atoms with Gasteiger partial charge >= 0.3 is 0 Å². The van der Waals surface area contributed by atoms with Gasteiger partial charge in [0.2, 0.25) is 11.8 Å². The van der Waals surface area contributed by atoms with Crippen LogP contribution >= 0.6 is 0 Å². The maximum absolute atomic E-state index is 12.9. The molecule has 0 bridgehead atoms. The van der Waals surface area contributed by atoms with Crippen LogP contribution < -0.4 is 0 Å². The van der Waals surface area contributed by atoms with Gasteiger partial charge in [-0.3, -0.25) is 14.5 Å². The third-order valence-electron chi connectivity index (χ3n) is 5.58. The molecule has 2 aliphatic heterocycles. The molecule has 0 N–H and O–H groups in total. The van der Waals surface area contributed by atoms with Crippen molar-refractivity contribution >= 4 is 11.8 Å². The number of carbonyl (C=O) groups excluding carboxylic acids is 2. The fourth-order valence-electron chi connectivity index (χ4n) is 3.83. The van der Waals surface area contributed by atoms with Crippen molar-refractivity contribution in [2.75, 3.05) is 45.8 Å². The molecule has 2 amide bonds. The van der Waals surface area contributed by atoms with Gasteiger partial charge in [0.1, 0.15) is 5.82 Å². The molecule has 1 aromatic carbocycles. The Hall–Kier alpha value is -1.95. The number of carbonyl (C=O) groups is 2. The average molecular weight is 375 g/mol. The first kappa shape index (κ1) is 19.8. The molecule has 0 unspecified atom stereocenters. The fraction of sp³-hybridized carbons (Fsp3) is 0.619. The second-order valence-electron chi connectivity index (χ2n) is 7.58. The van der Waals surface area contributed by atoms with Crippen molar-refractivity contribution in [2.24, 2.45) is 0 Å². The number of aryl methyl sites for hydroxylation is 1. The SMILES string of the molecule is O=C(CCc1ccc(F)cc1)N1CCN(CC(=O)N2CCCCCC2)CC1. The summed E-state index contributed by atoms with van der Waals surface area (Å²) in [6.45, 7) is 5.10. The number of hydrogen-bond donors (Lipinski definition) is 0. The first-order valence-corrected chi connectivity index (χ1v) is 10.1. The predicted molar refractivity (Wildman–Crippen MR) is 103 cm³/mol. The summed E-state index contributed by atoms with van der Waals surface area (Å²) in [5, 5.41) is 0. The van der Waals surface area contributed by atoms with Crippen molar-refractivity contribution in [3.63, 3.8) is 0 Å². The molecule has 0 atom stereocenters. The van der Waals surface area contributed by atoms with E-state index in [2.05, 4.69) is 4.90 Å². The van der Waals surface area contributed by atoms with Crippen molar-refractivity contribution in [1.29, 1.82) is 0 Å². The molecule has 2 aliphatic rings. The monoisotopic (exact) mass is 375 g/mol. The Kier molecular flexibility index (Phi) is 7.21. The van der Waals surface area contributed by atoms with Crippen LogP contribution in [0, 0.1) is 5.82 Å². The molecule has 5 nitrogen and oxygen atoms in total. The first-order chi connectivity index (χ1) is 13.1. The van der Waals surface area contributed by atoms with E-state index in [4.69, 9.17) is 0 Å². The molecule has 148 valence electrons. The van der Waals surface area contributed by atoms with Gasteiger partial charge in [-0.25, -0.2) is 4.39 Å². The van der Waals surface area contributed by atoms with E-state index >= 15 is 0 Å². The van der Waals surface area contributed by atoms with Gasteiger partial charge in [-0.1, -0.05) is 25.0 Å². The molecule has 0 saturated carbocycles. The Balaban J connectivity index is 1.38. The number of nitrogens with zero attached hydrogens (tertiary/aromatic N) is 3. The van der Waals surface area contributed by atoms with Crippen LogP contribution in [0.1, 0.15) is 37.7 Å². The van der Waals surface area contributed by atoms with Crippen LogP contribution in [0.4, 0.5) is 4.39 Å². The van der Waals surface area contributed by atoms with Crippen molar-refractivity contribution in [2.45, 2.75) is 38.5 Å². The van der Waals surface area contributed by atoms with E-state index in [-0.39, 0.29) is 17.6 Å². The van der Waals surface area contributed by atoms with E-state index in [0.717, 1.165) is 44.6 Å². The van der Waals surface area contributed by atoms with Crippen LogP contribution in [-0.2, 0) is 16.0 Å². The van der Waals surface area contributed by atoms with Gasteiger partial charge in [0.25, 0.3) is 0 Å². The van der Waals surface area contributed by atoms with Crippen molar-refractivity contribution in [1.82, 2.24) is 14.7 Å². The molecular formula is C21H30FN3O2. The van der Waals surface area contributed by atoms with Crippen LogP contribution in [0.15, 0.2) is 24.3 Å². The van der Waals surface area contributed by atoms with Gasteiger partial charge in [0.15, 0.2) is 0 Å². The van der Waals surface area contributed by atoms with Crippen LogP contribution in [0.2, 0.25) is 0 Å². The number of rotatable bonds is 5. The van der Waals surface area contributed by atoms with E-state index in [1.54, 1.807) is 12.1 Å². The third-order valence-corrected chi connectivity index (χ3v) is 5.58. The van der Waals surface area contributed by atoms with Gasteiger partial charge in [-0.15, -0.1) is 0 Å². The lowest BCUT2D eigenvalue weighted by molar-refractivity contribution is -0.135. The highest BCUT2D eigenvalue weighted by Crippen LogP contribution is 2.12. The third kappa shape index (κ3) is 6.03. The highest BCUT2D eigenvalue weighted by molar-refractivity contribution is 5.78. The largest absolute Gasteiger partial charge is 0.342 e. The normalized spacial score (nSPS) is 19.0. The number of halogens is 1. The smallest absolute Gasteiger partial charge is 0.236 e. The number of piperazine rings is 1. The van der Waals surface area contributed by atoms with Crippen molar-refractivity contribution in [3.8, 4) is 0 Å². The molecule has 2 saturated heterocycles. The zero-order valence-corrected chi connectivity index (χ0v) is 16.0. The Morgan fingerprint density at radius 2 is 1.37 bits per heavy atom. The second-order valence-corrected chi connectivity index (χ2v) is 7.58. The Morgan fingerprint density at radius 3 is 2.00 bits per heavy atom. The molecule has 0 aliphatic carbocycles. The summed E-state index contributed by atoms with van der Waals surface area (Å²) in [5.41, 5.74) is 0.978. The fourth-order valence-corrected chi connectivity index (χ4v) is 3.83. The minimum atomic E-state index is -0.254. The number of benzene rings is 1. The number of amides is 2. The maximum atomic E-state index is 12.9. The van der Waals surface area contributed by atoms with Crippen LogP contribution in [0.25, 0.3) is 0 Å². The molecule has 0 spiro atoms. The molecular weight excluding hydrogens is 345 g/mol. The number of hydrogen-bond acceptors (Lipinski definition) is 3. The van der Waals surface area contributed by atoms with Gasteiger partial charge < -0.3 is 9.80 Å². The lowest BCUT2D eigenvalue weighted by Gasteiger charge is -2.35. The van der Waals surface area contributed by atoms with Gasteiger partial charge in [-0.05, 0) is 37.0 Å². The molecule has 27 heavy (non-hydrogen) atoms. The summed E-state index contributed by atoms with van der Waals surface area (Å²) in [4.78, 5) is 31.0. The zero-order valence-electron chi connectivity index (χ0n) is 16.0. The highest BCUT2D eigenvalue weighted by Gasteiger charge is 2.24. The minimum Gasteiger partial charge on any atom is -0.342 e. The summed E-state index contributed by atoms with van der Waals surface area (Å²) in [5.74, 6) is 0.113. The first-order valence-electron chi connectivity index (χ1n) is 10.1. The Bertz CT molecular complexity index is 619. The summed E-state index contributed by atoms with van der Waals surface area (Å²) in [7, 11) is 0. The lowest BCUT2D eigenvalue weighted by Crippen LogP contribution is -2.51. The van der Waals surface area contributed by atoms with E-state index in [1.807, 2.05) is 9.80 Å². The predicted octanol–water partition coefficient (Wildman–Crippen LogP) is 2.31. The summed E-state index contributed by atoms with van der Waals surface area (Å²) in [6.07, 6.45) is 5.75. The molecule has 1 aromatic rings. The molecule has 3 rings (SSSR count). The minimum absolute atomic E-state index is 0.137.